The average Bonchev–Trinajstić information content (AvgIpc) is 3.52. The first-order valence-corrected chi connectivity index (χ1v) is 21.1. The molecule has 59 heavy (non-hydrogen) atoms. The number of hydrogen-bond donors (Lipinski definition) is 1. The molecular formula is C49H57NO9. The standard InChI is InChI=1S/C49H57NO9/c1-2-3-4-22-33-41(57-46(53)39-29-18-12-19-30-39)34-23-8-6-5-7-9-24-35-42-43(59-47(54)40-31-20-13-21-32-40)49(48(55)58-42,50-44(51)37-25-14-10-15-26-37)36-56-45(52)38-27-16-11-17-28-38/h10-21,25-32,41-43H,2-9,22-24,33-36H2,1H3,(H,50,51)/t41-,42-,43+,49+/m1/s1. The molecule has 1 saturated heterocycles. The van der Waals surface area contributed by atoms with Crippen molar-refractivity contribution >= 4 is 29.8 Å². The van der Waals surface area contributed by atoms with E-state index in [-0.39, 0.29) is 28.8 Å². The summed E-state index contributed by atoms with van der Waals surface area (Å²) in [6, 6.07) is 34.1. The molecule has 1 fully saturated rings. The lowest BCUT2D eigenvalue weighted by molar-refractivity contribution is -0.147. The first kappa shape index (κ1) is 44.3. The zero-order valence-corrected chi connectivity index (χ0v) is 34.1. The molecule has 4 atom stereocenters. The lowest BCUT2D eigenvalue weighted by Crippen LogP contribution is -2.64. The molecule has 10 nitrogen and oxygen atoms in total. The Morgan fingerprint density at radius 1 is 0.593 bits per heavy atom. The normalized spacial score (nSPS) is 17.7. The van der Waals surface area contributed by atoms with Crippen molar-refractivity contribution in [2.45, 2.75) is 121 Å². The van der Waals surface area contributed by atoms with E-state index in [1.165, 1.54) is 6.42 Å². The average molecular weight is 804 g/mol. The van der Waals surface area contributed by atoms with Crippen molar-refractivity contribution in [3.63, 3.8) is 0 Å². The van der Waals surface area contributed by atoms with E-state index < -0.39 is 48.2 Å². The molecule has 0 bridgehead atoms. The molecule has 312 valence electrons. The Morgan fingerprint density at radius 3 is 1.59 bits per heavy atom. The van der Waals surface area contributed by atoms with Crippen molar-refractivity contribution in [2.75, 3.05) is 6.61 Å². The van der Waals surface area contributed by atoms with Crippen LogP contribution in [0.4, 0.5) is 0 Å². The van der Waals surface area contributed by atoms with E-state index in [4.69, 9.17) is 18.9 Å². The van der Waals surface area contributed by atoms with Crippen molar-refractivity contribution in [2.24, 2.45) is 0 Å². The summed E-state index contributed by atoms with van der Waals surface area (Å²) in [4.78, 5) is 67.2. The van der Waals surface area contributed by atoms with Gasteiger partial charge in [-0.3, -0.25) is 4.79 Å². The van der Waals surface area contributed by atoms with Crippen LogP contribution < -0.4 is 5.32 Å². The Hall–Kier alpha value is -5.77. The van der Waals surface area contributed by atoms with E-state index in [1.54, 1.807) is 103 Å². The number of benzene rings is 4. The molecule has 1 amide bonds. The maximum absolute atomic E-state index is 14.0. The summed E-state index contributed by atoms with van der Waals surface area (Å²) in [6.07, 6.45) is 10.8. The van der Waals surface area contributed by atoms with Gasteiger partial charge in [0.15, 0.2) is 6.10 Å². The number of hydrogen-bond acceptors (Lipinski definition) is 9. The van der Waals surface area contributed by atoms with Gasteiger partial charge in [-0.1, -0.05) is 131 Å². The summed E-state index contributed by atoms with van der Waals surface area (Å²) in [5.41, 5.74) is -0.663. The molecule has 4 aromatic carbocycles. The van der Waals surface area contributed by atoms with Crippen LogP contribution in [0.5, 0.6) is 0 Å². The molecule has 10 heteroatoms. The van der Waals surface area contributed by atoms with Crippen molar-refractivity contribution in [3.05, 3.63) is 144 Å². The Morgan fingerprint density at radius 2 is 1.05 bits per heavy atom. The van der Waals surface area contributed by atoms with Gasteiger partial charge in [0.25, 0.3) is 5.91 Å². The third-order valence-corrected chi connectivity index (χ3v) is 10.7. The Bertz CT molecular complexity index is 1910. The molecule has 1 N–H and O–H groups in total. The van der Waals surface area contributed by atoms with E-state index >= 15 is 0 Å². The molecule has 0 aliphatic carbocycles. The van der Waals surface area contributed by atoms with Crippen LogP contribution in [0.2, 0.25) is 0 Å². The second-order valence-electron chi connectivity index (χ2n) is 15.2. The number of amides is 1. The highest BCUT2D eigenvalue weighted by molar-refractivity contribution is 6.00. The molecular weight excluding hydrogens is 747 g/mol. The van der Waals surface area contributed by atoms with Crippen molar-refractivity contribution in [1.29, 1.82) is 0 Å². The largest absolute Gasteiger partial charge is 0.459 e. The van der Waals surface area contributed by atoms with Crippen LogP contribution in [0, 0.1) is 0 Å². The maximum atomic E-state index is 14.0. The second-order valence-corrected chi connectivity index (χ2v) is 15.2. The third kappa shape index (κ3) is 13.4. The van der Waals surface area contributed by atoms with Crippen LogP contribution in [0.3, 0.4) is 0 Å². The minimum absolute atomic E-state index is 0.0934. The van der Waals surface area contributed by atoms with Gasteiger partial charge in [0.05, 0.1) is 16.7 Å². The Kier molecular flexibility index (Phi) is 17.7. The van der Waals surface area contributed by atoms with Gasteiger partial charge in [-0.05, 0) is 87.1 Å². The predicted molar refractivity (Wildman–Crippen MR) is 225 cm³/mol. The molecule has 1 aliphatic heterocycles. The Balaban J connectivity index is 1.18. The van der Waals surface area contributed by atoms with Crippen molar-refractivity contribution in [1.82, 2.24) is 5.32 Å². The number of esters is 4. The van der Waals surface area contributed by atoms with Gasteiger partial charge < -0.3 is 24.3 Å². The highest BCUT2D eigenvalue weighted by atomic mass is 16.6. The van der Waals surface area contributed by atoms with E-state index in [9.17, 15) is 24.0 Å². The number of rotatable bonds is 24. The summed E-state index contributed by atoms with van der Waals surface area (Å²) in [5.74, 6) is -3.14. The summed E-state index contributed by atoms with van der Waals surface area (Å²) >= 11 is 0. The number of carbonyl (C=O) groups excluding carboxylic acids is 5. The second kappa shape index (κ2) is 23.6. The lowest BCUT2D eigenvalue weighted by Gasteiger charge is -2.32. The summed E-state index contributed by atoms with van der Waals surface area (Å²) in [7, 11) is 0. The van der Waals surface area contributed by atoms with E-state index in [0.29, 0.717) is 18.4 Å². The van der Waals surface area contributed by atoms with Crippen LogP contribution in [0.15, 0.2) is 121 Å². The van der Waals surface area contributed by atoms with Crippen LogP contribution >= 0.6 is 0 Å². The maximum Gasteiger partial charge on any atom is 0.340 e. The van der Waals surface area contributed by atoms with Crippen LogP contribution in [0.1, 0.15) is 138 Å². The van der Waals surface area contributed by atoms with E-state index in [0.717, 1.165) is 70.6 Å². The fraction of sp³-hybridized carbons (Fsp3) is 0.408. The van der Waals surface area contributed by atoms with Crippen molar-refractivity contribution < 1.29 is 42.9 Å². The molecule has 1 heterocycles. The third-order valence-electron chi connectivity index (χ3n) is 10.7. The molecule has 1 aliphatic rings. The van der Waals surface area contributed by atoms with Gasteiger partial charge in [-0.2, -0.15) is 0 Å². The predicted octanol–water partition coefficient (Wildman–Crippen LogP) is 9.87. The van der Waals surface area contributed by atoms with E-state index in [1.807, 2.05) is 18.2 Å². The number of cyclic esters (lactones) is 1. The van der Waals surface area contributed by atoms with Gasteiger partial charge in [-0.25, -0.2) is 19.2 Å². The molecule has 0 radical (unpaired) electrons. The minimum atomic E-state index is -2.02. The smallest absolute Gasteiger partial charge is 0.340 e. The Labute approximate surface area is 348 Å². The highest BCUT2D eigenvalue weighted by Crippen LogP contribution is 2.34. The SMILES string of the molecule is CCCCCC[C@H](CCCCCCCCC[C@H]1OC(=O)[C@@](COC(=O)c2ccccc2)(NC(=O)c2ccccc2)[C@H]1OC(=O)c1ccccc1)OC(=O)c1ccccc1. The van der Waals surface area contributed by atoms with Gasteiger partial charge in [0, 0.05) is 5.56 Å². The molecule has 0 saturated carbocycles. The number of nitrogens with one attached hydrogen (secondary N) is 1. The van der Waals surface area contributed by atoms with E-state index in [2.05, 4.69) is 12.2 Å². The first-order chi connectivity index (χ1) is 28.8. The molecule has 5 rings (SSSR count). The zero-order chi connectivity index (χ0) is 41.7. The number of carbonyl (C=O) groups is 5. The summed E-state index contributed by atoms with van der Waals surface area (Å²) in [6.45, 7) is 1.57. The fourth-order valence-corrected chi connectivity index (χ4v) is 7.34. The van der Waals surface area contributed by atoms with Gasteiger partial charge in [0.2, 0.25) is 5.54 Å². The highest BCUT2D eigenvalue weighted by Gasteiger charge is 2.62. The number of unbranched alkanes of at least 4 members (excludes halogenated alkanes) is 9. The summed E-state index contributed by atoms with van der Waals surface area (Å²) in [5, 5.41) is 2.78. The lowest BCUT2D eigenvalue weighted by atomic mass is 9.89. The van der Waals surface area contributed by atoms with Gasteiger partial charge in [-0.15, -0.1) is 0 Å². The molecule has 0 unspecified atom stereocenters. The minimum Gasteiger partial charge on any atom is -0.459 e. The van der Waals surface area contributed by atoms with Crippen LogP contribution in [-0.2, 0) is 23.7 Å². The number of ether oxygens (including phenoxy) is 4. The monoisotopic (exact) mass is 803 g/mol. The topological polar surface area (TPSA) is 134 Å². The zero-order valence-electron chi connectivity index (χ0n) is 34.1. The fourth-order valence-electron chi connectivity index (χ4n) is 7.34. The summed E-state index contributed by atoms with van der Waals surface area (Å²) < 4.78 is 23.6. The van der Waals surface area contributed by atoms with Crippen molar-refractivity contribution in [3.8, 4) is 0 Å². The first-order valence-electron chi connectivity index (χ1n) is 21.1. The molecule has 4 aromatic rings. The van der Waals surface area contributed by atoms with Crippen LogP contribution in [-0.4, -0.2) is 60.2 Å². The van der Waals surface area contributed by atoms with Gasteiger partial charge in [0.1, 0.15) is 18.8 Å². The quantitative estimate of drug-likeness (QED) is 0.0417. The molecule has 0 aromatic heterocycles. The van der Waals surface area contributed by atoms with Crippen LogP contribution in [0.25, 0.3) is 0 Å². The van der Waals surface area contributed by atoms with Gasteiger partial charge >= 0.3 is 23.9 Å². The molecule has 0 spiro atoms.